The summed E-state index contributed by atoms with van der Waals surface area (Å²) in [5.41, 5.74) is 15.6. The molecule has 13 heteroatoms. The van der Waals surface area contributed by atoms with Crippen LogP contribution in [0.25, 0.3) is 0 Å². The monoisotopic (exact) mass is 444 g/mol. The second-order valence-electron chi connectivity index (χ2n) is 7.60. The smallest absolute Gasteiger partial charge is 0.326 e. The van der Waals surface area contributed by atoms with Crippen LogP contribution in [-0.2, 0) is 28.8 Å². The molecule has 0 spiro atoms. The average Bonchev–Trinajstić information content (AvgIpc) is 2.62. The maximum Gasteiger partial charge on any atom is 0.326 e. The number of carboxylic acids is 1. The quantitative estimate of drug-likeness (QED) is 0.146. The third kappa shape index (κ3) is 11.5. The van der Waals surface area contributed by atoms with E-state index in [-0.39, 0.29) is 25.2 Å². The van der Waals surface area contributed by atoms with Gasteiger partial charge in [0.15, 0.2) is 0 Å². The lowest BCUT2D eigenvalue weighted by atomic mass is 10.0. The number of nitrogens with two attached hydrogens (primary N) is 3. The fourth-order valence-electron chi connectivity index (χ4n) is 2.51. The third-order valence-electron chi connectivity index (χ3n) is 4.14. The van der Waals surface area contributed by atoms with Crippen molar-refractivity contribution < 1.29 is 33.9 Å². The Bertz CT molecular complexity index is 697. The van der Waals surface area contributed by atoms with Crippen molar-refractivity contribution in [3.8, 4) is 0 Å². The van der Waals surface area contributed by atoms with Gasteiger partial charge < -0.3 is 38.3 Å². The number of hydrogen-bond donors (Lipinski definition) is 7. The van der Waals surface area contributed by atoms with Gasteiger partial charge in [-0.1, -0.05) is 13.8 Å². The molecule has 0 rings (SSSR count). The number of carbonyl (C=O) groups is 6. The Morgan fingerprint density at radius 3 is 1.81 bits per heavy atom. The number of hydrogen-bond acceptors (Lipinski definition) is 7. The van der Waals surface area contributed by atoms with Crippen LogP contribution in [0, 0.1) is 5.92 Å². The molecule has 4 atom stereocenters. The Morgan fingerprint density at radius 2 is 1.35 bits per heavy atom. The molecule has 0 bridgehead atoms. The number of aliphatic carboxylic acids is 1. The summed E-state index contributed by atoms with van der Waals surface area (Å²) >= 11 is 0. The molecular weight excluding hydrogens is 412 g/mol. The minimum atomic E-state index is -1.31. The van der Waals surface area contributed by atoms with E-state index in [4.69, 9.17) is 17.2 Å². The van der Waals surface area contributed by atoms with Crippen LogP contribution in [0.15, 0.2) is 0 Å². The van der Waals surface area contributed by atoms with Crippen LogP contribution in [0.3, 0.4) is 0 Å². The van der Waals surface area contributed by atoms with E-state index in [1.54, 1.807) is 13.8 Å². The molecule has 5 amide bonds. The van der Waals surface area contributed by atoms with Crippen molar-refractivity contribution in [3.05, 3.63) is 0 Å². The molecule has 0 aliphatic carbocycles. The van der Waals surface area contributed by atoms with Gasteiger partial charge >= 0.3 is 5.97 Å². The lowest BCUT2D eigenvalue weighted by molar-refractivity contribution is -0.142. The van der Waals surface area contributed by atoms with Gasteiger partial charge in [-0.25, -0.2) is 4.79 Å². The van der Waals surface area contributed by atoms with Crippen LogP contribution >= 0.6 is 0 Å². The van der Waals surface area contributed by atoms with Crippen molar-refractivity contribution >= 4 is 35.5 Å². The Morgan fingerprint density at radius 1 is 0.806 bits per heavy atom. The molecule has 0 aromatic carbocycles. The summed E-state index contributed by atoms with van der Waals surface area (Å²) in [6.07, 6.45) is -0.701. The summed E-state index contributed by atoms with van der Waals surface area (Å²) in [6, 6.07) is -4.87. The first kappa shape index (κ1) is 27.8. The maximum absolute atomic E-state index is 12.5. The van der Waals surface area contributed by atoms with Gasteiger partial charge in [0.1, 0.15) is 18.1 Å². The highest BCUT2D eigenvalue weighted by Crippen LogP contribution is 2.06. The summed E-state index contributed by atoms with van der Waals surface area (Å²) in [7, 11) is 0. The summed E-state index contributed by atoms with van der Waals surface area (Å²) in [5.74, 6) is -5.17. The Hall–Kier alpha value is -3.22. The van der Waals surface area contributed by atoms with E-state index in [9.17, 15) is 33.9 Å². The van der Waals surface area contributed by atoms with Crippen molar-refractivity contribution in [1.82, 2.24) is 16.0 Å². The van der Waals surface area contributed by atoms with Crippen molar-refractivity contribution in [2.45, 2.75) is 70.6 Å². The van der Waals surface area contributed by atoms with E-state index < -0.39 is 66.1 Å². The van der Waals surface area contributed by atoms with Gasteiger partial charge in [0.05, 0.1) is 12.5 Å². The van der Waals surface area contributed by atoms with Crippen LogP contribution in [0.1, 0.15) is 46.5 Å². The lowest BCUT2D eigenvalue weighted by Gasteiger charge is -2.23. The van der Waals surface area contributed by atoms with Gasteiger partial charge in [0.2, 0.25) is 29.5 Å². The molecule has 10 N–H and O–H groups in total. The molecule has 0 saturated heterocycles. The summed E-state index contributed by atoms with van der Waals surface area (Å²) in [6.45, 7) is 4.91. The van der Waals surface area contributed by atoms with E-state index in [1.807, 2.05) is 0 Å². The zero-order chi connectivity index (χ0) is 24.3. The molecule has 13 nitrogen and oxygen atoms in total. The number of rotatable bonds is 14. The van der Waals surface area contributed by atoms with Crippen LogP contribution in [0.5, 0.6) is 0 Å². The average molecular weight is 444 g/mol. The second kappa shape index (κ2) is 13.2. The van der Waals surface area contributed by atoms with E-state index >= 15 is 0 Å². The van der Waals surface area contributed by atoms with Gasteiger partial charge in [-0.2, -0.15) is 0 Å². The van der Waals surface area contributed by atoms with E-state index in [2.05, 4.69) is 16.0 Å². The Kier molecular flexibility index (Phi) is 11.8. The lowest BCUT2D eigenvalue weighted by Crippen LogP contribution is -2.56. The minimum Gasteiger partial charge on any atom is -0.480 e. The van der Waals surface area contributed by atoms with Crippen molar-refractivity contribution in [2.24, 2.45) is 23.1 Å². The van der Waals surface area contributed by atoms with Gasteiger partial charge in [-0.3, -0.25) is 24.0 Å². The van der Waals surface area contributed by atoms with Crippen LogP contribution in [0.4, 0.5) is 0 Å². The molecule has 31 heavy (non-hydrogen) atoms. The van der Waals surface area contributed by atoms with Crippen molar-refractivity contribution in [3.63, 3.8) is 0 Å². The molecule has 0 radical (unpaired) electrons. The van der Waals surface area contributed by atoms with Crippen LogP contribution < -0.4 is 33.2 Å². The van der Waals surface area contributed by atoms with Crippen LogP contribution in [-0.4, -0.2) is 64.8 Å². The predicted molar refractivity (Wildman–Crippen MR) is 109 cm³/mol. The number of amides is 5. The first-order chi connectivity index (χ1) is 14.2. The highest BCUT2D eigenvalue weighted by molar-refractivity contribution is 5.95. The first-order valence-electron chi connectivity index (χ1n) is 9.70. The van der Waals surface area contributed by atoms with Gasteiger partial charge in [0.25, 0.3) is 0 Å². The molecule has 176 valence electrons. The van der Waals surface area contributed by atoms with E-state index in [0.29, 0.717) is 0 Å². The molecule has 4 unspecified atom stereocenters. The summed E-state index contributed by atoms with van der Waals surface area (Å²) < 4.78 is 0. The van der Waals surface area contributed by atoms with Crippen molar-refractivity contribution in [2.75, 3.05) is 0 Å². The Labute approximate surface area is 179 Å². The number of nitrogens with one attached hydrogen (secondary N) is 3. The zero-order valence-corrected chi connectivity index (χ0v) is 17.8. The summed E-state index contributed by atoms with van der Waals surface area (Å²) in [5, 5.41) is 16.2. The standard InChI is InChI=1S/C18H32N6O7/c1-8(2)6-12(18(30)31)24-15(27)9(3)22-17(29)11(4-5-13(20)25)23-16(28)10(19)7-14(21)26/h8-12H,4-7,19H2,1-3H3,(H2,20,25)(H2,21,26)(H,22,29)(H,23,28)(H,24,27)(H,30,31). The molecule has 0 aliphatic rings. The predicted octanol–water partition coefficient (Wildman–Crippen LogP) is -2.94. The third-order valence-corrected chi connectivity index (χ3v) is 4.14. The van der Waals surface area contributed by atoms with E-state index in [1.165, 1.54) is 6.92 Å². The molecule has 0 aliphatic heterocycles. The maximum atomic E-state index is 12.5. The molecule has 0 fully saturated rings. The normalized spacial score (nSPS) is 14.6. The number of carboxylic acid groups (broad SMARTS) is 1. The fourth-order valence-corrected chi connectivity index (χ4v) is 2.51. The highest BCUT2D eigenvalue weighted by atomic mass is 16.4. The Balaban J connectivity index is 5.14. The zero-order valence-electron chi connectivity index (χ0n) is 17.8. The van der Waals surface area contributed by atoms with Crippen molar-refractivity contribution in [1.29, 1.82) is 0 Å². The van der Waals surface area contributed by atoms with Gasteiger partial charge in [-0.15, -0.1) is 0 Å². The molecule has 0 saturated carbocycles. The topological polar surface area (TPSA) is 237 Å². The fraction of sp³-hybridized carbons (Fsp3) is 0.667. The second-order valence-corrected chi connectivity index (χ2v) is 7.60. The molecular formula is C18H32N6O7. The number of primary amides is 2. The van der Waals surface area contributed by atoms with Gasteiger partial charge in [-0.05, 0) is 25.7 Å². The van der Waals surface area contributed by atoms with E-state index in [0.717, 1.165) is 0 Å². The summed E-state index contributed by atoms with van der Waals surface area (Å²) in [4.78, 5) is 70.2. The molecule has 0 heterocycles. The highest BCUT2D eigenvalue weighted by Gasteiger charge is 2.29. The van der Waals surface area contributed by atoms with Crippen LogP contribution in [0.2, 0.25) is 0 Å². The van der Waals surface area contributed by atoms with Gasteiger partial charge in [0, 0.05) is 6.42 Å². The molecule has 0 aromatic heterocycles. The first-order valence-corrected chi connectivity index (χ1v) is 9.70. The largest absolute Gasteiger partial charge is 0.480 e. The number of carbonyl (C=O) groups excluding carboxylic acids is 5. The SMILES string of the molecule is CC(C)CC(NC(=O)C(C)NC(=O)C(CCC(N)=O)NC(=O)C(N)CC(N)=O)C(=O)O. The molecule has 0 aromatic rings. The minimum absolute atomic E-state index is 0.00398.